The molecular formula is C13H17F3O3. The van der Waals surface area contributed by atoms with Crippen LogP contribution >= 0.6 is 0 Å². The van der Waals surface area contributed by atoms with Gasteiger partial charge in [-0.05, 0) is 24.1 Å². The van der Waals surface area contributed by atoms with E-state index in [0.29, 0.717) is 17.9 Å². The summed E-state index contributed by atoms with van der Waals surface area (Å²) in [5, 5.41) is 9.65. The van der Waals surface area contributed by atoms with E-state index in [9.17, 15) is 18.3 Å². The first-order valence-electron chi connectivity index (χ1n) is 5.97. The number of hydrogen-bond acceptors (Lipinski definition) is 3. The van der Waals surface area contributed by atoms with Crippen LogP contribution in [0.5, 0.6) is 5.75 Å². The van der Waals surface area contributed by atoms with Crippen LogP contribution < -0.4 is 4.74 Å². The molecule has 6 heteroatoms. The van der Waals surface area contributed by atoms with Crippen LogP contribution in [0.2, 0.25) is 0 Å². The summed E-state index contributed by atoms with van der Waals surface area (Å²) in [6.45, 7) is 0.823. The molecular weight excluding hydrogens is 261 g/mol. The van der Waals surface area contributed by atoms with E-state index in [4.69, 9.17) is 4.74 Å². The number of halogens is 3. The Hall–Kier alpha value is -1.27. The van der Waals surface area contributed by atoms with Crippen molar-refractivity contribution >= 4 is 0 Å². The third-order valence-electron chi connectivity index (χ3n) is 2.28. The number of hydrogen-bond donors (Lipinski definition) is 1. The van der Waals surface area contributed by atoms with Crippen molar-refractivity contribution in [1.29, 1.82) is 0 Å². The predicted molar refractivity (Wildman–Crippen MR) is 64.1 cm³/mol. The summed E-state index contributed by atoms with van der Waals surface area (Å²) in [6.07, 6.45) is -4.57. The van der Waals surface area contributed by atoms with E-state index >= 15 is 0 Å². The molecule has 0 aliphatic carbocycles. The summed E-state index contributed by atoms with van der Waals surface area (Å²) in [7, 11) is 0. The molecule has 0 spiro atoms. The number of aliphatic hydroxyl groups excluding tert-OH is 1. The Labute approximate surface area is 110 Å². The average Bonchev–Trinajstić information content (AvgIpc) is 2.35. The van der Waals surface area contributed by atoms with Gasteiger partial charge >= 0.3 is 6.18 Å². The van der Waals surface area contributed by atoms with Crippen LogP contribution in [0.15, 0.2) is 24.3 Å². The molecule has 0 aliphatic rings. The van der Waals surface area contributed by atoms with Crippen molar-refractivity contribution in [2.75, 3.05) is 19.8 Å². The Morgan fingerprint density at radius 2 is 1.84 bits per heavy atom. The van der Waals surface area contributed by atoms with Crippen LogP contribution in [0.1, 0.15) is 25.0 Å². The van der Waals surface area contributed by atoms with Gasteiger partial charge in [0.1, 0.15) is 18.5 Å². The third-order valence-corrected chi connectivity index (χ3v) is 2.28. The van der Waals surface area contributed by atoms with Gasteiger partial charge < -0.3 is 14.6 Å². The van der Waals surface area contributed by atoms with Crippen LogP contribution in [-0.2, 0) is 4.74 Å². The van der Waals surface area contributed by atoms with E-state index in [2.05, 4.69) is 4.74 Å². The van der Waals surface area contributed by atoms with Gasteiger partial charge in [0.15, 0.2) is 0 Å². The minimum Gasteiger partial charge on any atom is -0.494 e. The largest absolute Gasteiger partial charge is 0.494 e. The molecule has 1 aromatic rings. The Kier molecular flexibility index (Phi) is 6.11. The van der Waals surface area contributed by atoms with E-state index in [1.807, 2.05) is 6.92 Å². The van der Waals surface area contributed by atoms with Gasteiger partial charge in [0.25, 0.3) is 0 Å². The van der Waals surface area contributed by atoms with E-state index < -0.39 is 25.5 Å². The average molecular weight is 278 g/mol. The van der Waals surface area contributed by atoms with Gasteiger partial charge in [0.2, 0.25) is 0 Å². The quantitative estimate of drug-likeness (QED) is 0.833. The predicted octanol–water partition coefficient (Wildman–Crippen LogP) is 3.09. The lowest BCUT2D eigenvalue weighted by Gasteiger charge is -2.13. The van der Waals surface area contributed by atoms with Crippen LogP contribution in [0.4, 0.5) is 13.2 Å². The molecule has 0 radical (unpaired) electrons. The van der Waals surface area contributed by atoms with E-state index in [0.717, 1.165) is 6.42 Å². The monoisotopic (exact) mass is 278 g/mol. The van der Waals surface area contributed by atoms with Gasteiger partial charge in [0, 0.05) is 0 Å². The lowest BCUT2D eigenvalue weighted by atomic mass is 10.1. The molecule has 108 valence electrons. The molecule has 1 rings (SSSR count). The summed E-state index contributed by atoms with van der Waals surface area (Å²) in [6, 6.07) is 6.54. The highest BCUT2D eigenvalue weighted by Gasteiger charge is 2.27. The fraction of sp³-hybridized carbons (Fsp3) is 0.538. The smallest absolute Gasteiger partial charge is 0.411 e. The van der Waals surface area contributed by atoms with Crippen molar-refractivity contribution in [2.24, 2.45) is 0 Å². The number of rotatable bonds is 7. The highest BCUT2D eigenvalue weighted by Crippen LogP contribution is 2.20. The molecule has 0 bridgehead atoms. The topological polar surface area (TPSA) is 38.7 Å². The Morgan fingerprint density at radius 1 is 1.21 bits per heavy atom. The van der Waals surface area contributed by atoms with Gasteiger partial charge in [-0.3, -0.25) is 0 Å². The molecule has 0 heterocycles. The van der Waals surface area contributed by atoms with Gasteiger partial charge in [-0.2, -0.15) is 13.2 Å². The Bertz CT molecular complexity index is 362. The number of ether oxygens (including phenoxy) is 2. The van der Waals surface area contributed by atoms with Crippen molar-refractivity contribution < 1.29 is 27.8 Å². The SMILES string of the molecule is CCCOc1ccc(C(O)COCC(F)(F)F)cc1. The van der Waals surface area contributed by atoms with Gasteiger partial charge in [0.05, 0.1) is 13.2 Å². The minimum absolute atomic E-state index is 0.394. The zero-order valence-corrected chi connectivity index (χ0v) is 10.6. The van der Waals surface area contributed by atoms with Crippen molar-refractivity contribution in [3.05, 3.63) is 29.8 Å². The maximum absolute atomic E-state index is 11.9. The van der Waals surface area contributed by atoms with Crippen molar-refractivity contribution in [2.45, 2.75) is 25.6 Å². The van der Waals surface area contributed by atoms with E-state index in [-0.39, 0.29) is 0 Å². The molecule has 0 saturated carbocycles. The highest BCUT2D eigenvalue weighted by atomic mass is 19.4. The molecule has 0 aliphatic heterocycles. The Morgan fingerprint density at radius 3 is 2.37 bits per heavy atom. The number of benzene rings is 1. The van der Waals surface area contributed by atoms with Crippen LogP contribution in [0, 0.1) is 0 Å². The zero-order chi connectivity index (χ0) is 14.3. The van der Waals surface area contributed by atoms with Gasteiger partial charge in [-0.25, -0.2) is 0 Å². The molecule has 0 amide bonds. The molecule has 19 heavy (non-hydrogen) atoms. The standard InChI is InChI=1S/C13H17F3O3/c1-2-7-19-11-5-3-10(4-6-11)12(17)8-18-9-13(14,15)16/h3-6,12,17H,2,7-9H2,1H3. The van der Waals surface area contributed by atoms with E-state index in [1.54, 1.807) is 24.3 Å². The van der Waals surface area contributed by atoms with Crippen LogP contribution in [-0.4, -0.2) is 31.1 Å². The second-order valence-electron chi connectivity index (χ2n) is 4.06. The molecule has 0 aromatic heterocycles. The Balaban J connectivity index is 2.42. The fourth-order valence-corrected chi connectivity index (χ4v) is 1.39. The maximum atomic E-state index is 11.9. The lowest BCUT2D eigenvalue weighted by molar-refractivity contribution is -0.179. The van der Waals surface area contributed by atoms with Gasteiger partial charge in [-0.1, -0.05) is 19.1 Å². The second kappa shape index (κ2) is 7.35. The van der Waals surface area contributed by atoms with Crippen molar-refractivity contribution in [3.63, 3.8) is 0 Å². The summed E-state index contributed by atoms with van der Waals surface area (Å²) >= 11 is 0. The number of alkyl halides is 3. The van der Waals surface area contributed by atoms with E-state index in [1.165, 1.54) is 0 Å². The summed E-state index contributed by atoms with van der Waals surface area (Å²) < 4.78 is 45.3. The van der Waals surface area contributed by atoms with Crippen molar-refractivity contribution in [1.82, 2.24) is 0 Å². The molecule has 1 aromatic carbocycles. The first kappa shape index (κ1) is 15.8. The number of aliphatic hydroxyl groups is 1. The second-order valence-corrected chi connectivity index (χ2v) is 4.06. The van der Waals surface area contributed by atoms with Crippen molar-refractivity contribution in [3.8, 4) is 5.75 Å². The molecule has 0 fully saturated rings. The molecule has 1 N–H and O–H groups in total. The summed E-state index contributed by atoms with van der Waals surface area (Å²) in [5.74, 6) is 0.661. The summed E-state index contributed by atoms with van der Waals surface area (Å²) in [5.41, 5.74) is 0.492. The zero-order valence-electron chi connectivity index (χ0n) is 10.6. The first-order valence-corrected chi connectivity index (χ1v) is 5.97. The normalized spacial score (nSPS) is 13.3. The molecule has 1 unspecified atom stereocenters. The third kappa shape index (κ3) is 6.45. The molecule has 0 saturated heterocycles. The van der Waals surface area contributed by atoms with Crippen LogP contribution in [0.3, 0.4) is 0 Å². The molecule has 1 atom stereocenters. The van der Waals surface area contributed by atoms with Gasteiger partial charge in [-0.15, -0.1) is 0 Å². The lowest BCUT2D eigenvalue weighted by Crippen LogP contribution is -2.19. The van der Waals surface area contributed by atoms with Crippen LogP contribution in [0.25, 0.3) is 0 Å². The fourth-order valence-electron chi connectivity index (χ4n) is 1.39. The minimum atomic E-state index is -4.38. The first-order chi connectivity index (χ1) is 8.92. The summed E-state index contributed by atoms with van der Waals surface area (Å²) in [4.78, 5) is 0. The highest BCUT2D eigenvalue weighted by molar-refractivity contribution is 5.28. The maximum Gasteiger partial charge on any atom is 0.411 e. The molecule has 3 nitrogen and oxygen atoms in total.